The Morgan fingerprint density at radius 1 is 1.38 bits per heavy atom. The molecule has 0 radical (unpaired) electrons. The summed E-state index contributed by atoms with van der Waals surface area (Å²) in [6.07, 6.45) is -0.224. The Morgan fingerprint density at radius 2 is 1.88 bits per heavy atom. The molecule has 0 N–H and O–H groups in total. The molecule has 0 saturated carbocycles. The lowest BCUT2D eigenvalue weighted by atomic mass is 9.92. The molecule has 0 aliphatic carbocycles. The summed E-state index contributed by atoms with van der Waals surface area (Å²) in [6.45, 7) is 3.37. The van der Waals surface area contributed by atoms with Crippen LogP contribution < -0.4 is 0 Å². The first-order valence-corrected chi connectivity index (χ1v) is 4.92. The molecule has 0 saturated heterocycles. The van der Waals surface area contributed by atoms with Crippen molar-refractivity contribution in [2.45, 2.75) is 31.9 Å². The molecule has 90 valence electrons. The van der Waals surface area contributed by atoms with E-state index in [2.05, 4.69) is 14.5 Å². The average Bonchev–Trinajstić information content (AvgIpc) is 2.64. The Balaban J connectivity index is 3.22. The monoisotopic (exact) mass is 229 g/mol. The zero-order valence-electron chi connectivity index (χ0n) is 9.77. The van der Waals surface area contributed by atoms with Crippen molar-refractivity contribution in [2.75, 3.05) is 14.2 Å². The molecule has 0 spiro atoms. The minimum Gasteiger partial charge on any atom is -0.474 e. The molecule has 6 heteroatoms. The molecule has 0 aromatic carbocycles. The van der Waals surface area contributed by atoms with Gasteiger partial charge in [0.2, 0.25) is 0 Å². The van der Waals surface area contributed by atoms with Crippen molar-refractivity contribution < 1.29 is 23.8 Å². The first-order chi connectivity index (χ1) is 7.52. The smallest absolute Gasteiger partial charge is 0.349 e. The van der Waals surface area contributed by atoms with Gasteiger partial charge in [0.25, 0.3) is 5.54 Å². The van der Waals surface area contributed by atoms with Gasteiger partial charge in [-0.15, -0.1) is 0 Å². The summed E-state index contributed by atoms with van der Waals surface area (Å²) in [4.78, 5) is 27.4. The maximum absolute atomic E-state index is 11.7. The third kappa shape index (κ3) is 1.64. The quantitative estimate of drug-likeness (QED) is 0.514. The van der Waals surface area contributed by atoms with Crippen LogP contribution in [-0.2, 0) is 23.8 Å². The Morgan fingerprint density at radius 3 is 2.25 bits per heavy atom. The number of carbonyl (C=O) groups is 2. The molecule has 0 aromatic heterocycles. The van der Waals surface area contributed by atoms with Gasteiger partial charge in [-0.1, -0.05) is 6.92 Å². The fourth-order valence-corrected chi connectivity index (χ4v) is 1.77. The van der Waals surface area contributed by atoms with Crippen LogP contribution >= 0.6 is 0 Å². The molecule has 6 nitrogen and oxygen atoms in total. The van der Waals surface area contributed by atoms with Crippen molar-refractivity contribution >= 4 is 17.8 Å². The predicted molar refractivity (Wildman–Crippen MR) is 55.0 cm³/mol. The minimum absolute atomic E-state index is 0.280. The fraction of sp³-hybridized carbons (Fsp3) is 0.700. The maximum Gasteiger partial charge on any atom is 0.349 e. The molecular formula is C10H15NO5. The molecule has 0 amide bonds. The zero-order chi connectivity index (χ0) is 12.3. The van der Waals surface area contributed by atoms with Gasteiger partial charge < -0.3 is 14.2 Å². The Kier molecular flexibility index (Phi) is 3.51. The van der Waals surface area contributed by atoms with Crippen LogP contribution in [0.5, 0.6) is 0 Å². The molecule has 1 atom stereocenters. The van der Waals surface area contributed by atoms with Gasteiger partial charge in [0.05, 0.1) is 14.2 Å². The number of methoxy groups -OCH3 is 2. The Bertz CT molecular complexity index is 320. The van der Waals surface area contributed by atoms with E-state index in [1.807, 2.05) is 0 Å². The lowest BCUT2D eigenvalue weighted by Crippen LogP contribution is -2.53. The second-order valence-corrected chi connectivity index (χ2v) is 3.40. The molecule has 1 aliphatic heterocycles. The number of hydrogen-bond acceptors (Lipinski definition) is 6. The number of nitrogens with zero attached hydrogens (tertiary/aromatic N) is 1. The second kappa shape index (κ2) is 4.51. The number of hydrogen-bond donors (Lipinski definition) is 0. The van der Waals surface area contributed by atoms with Crippen molar-refractivity contribution in [1.82, 2.24) is 0 Å². The lowest BCUT2D eigenvalue weighted by molar-refractivity contribution is -0.164. The van der Waals surface area contributed by atoms with E-state index < -0.39 is 23.6 Å². The van der Waals surface area contributed by atoms with Gasteiger partial charge in [0.15, 0.2) is 5.90 Å². The largest absolute Gasteiger partial charge is 0.474 e. The van der Waals surface area contributed by atoms with Crippen LogP contribution in [0.3, 0.4) is 0 Å². The summed E-state index contributed by atoms with van der Waals surface area (Å²) in [7, 11) is 2.39. The topological polar surface area (TPSA) is 74.2 Å². The van der Waals surface area contributed by atoms with Crippen molar-refractivity contribution in [3.63, 3.8) is 0 Å². The van der Waals surface area contributed by atoms with Crippen LogP contribution in [0.2, 0.25) is 0 Å². The first-order valence-electron chi connectivity index (χ1n) is 4.92. The van der Waals surface area contributed by atoms with Crippen LogP contribution in [-0.4, -0.2) is 43.7 Å². The number of aliphatic imine (C=N–C) groups is 1. The number of ether oxygens (including phenoxy) is 3. The first kappa shape index (κ1) is 12.5. The third-order valence-corrected chi connectivity index (χ3v) is 2.48. The van der Waals surface area contributed by atoms with Crippen LogP contribution in [0.1, 0.15) is 20.3 Å². The summed E-state index contributed by atoms with van der Waals surface area (Å²) < 4.78 is 14.5. The van der Waals surface area contributed by atoms with E-state index in [4.69, 9.17) is 4.74 Å². The maximum atomic E-state index is 11.7. The second-order valence-electron chi connectivity index (χ2n) is 3.40. The highest BCUT2D eigenvalue weighted by molar-refractivity contribution is 6.09. The van der Waals surface area contributed by atoms with Gasteiger partial charge in [-0.2, -0.15) is 0 Å². The Hall–Kier alpha value is -1.59. The van der Waals surface area contributed by atoms with Crippen molar-refractivity contribution in [3.05, 3.63) is 0 Å². The van der Waals surface area contributed by atoms with Crippen molar-refractivity contribution in [1.29, 1.82) is 0 Å². The van der Waals surface area contributed by atoms with E-state index >= 15 is 0 Å². The van der Waals surface area contributed by atoms with Gasteiger partial charge in [-0.25, -0.2) is 14.6 Å². The number of carbonyl (C=O) groups excluding carboxylic acids is 2. The summed E-state index contributed by atoms with van der Waals surface area (Å²) in [5.41, 5.74) is -1.71. The molecule has 0 fully saturated rings. The summed E-state index contributed by atoms with van der Waals surface area (Å²) >= 11 is 0. The molecule has 1 aliphatic rings. The number of rotatable bonds is 3. The van der Waals surface area contributed by atoms with Gasteiger partial charge in [0, 0.05) is 6.92 Å². The third-order valence-electron chi connectivity index (χ3n) is 2.48. The molecule has 0 bridgehead atoms. The van der Waals surface area contributed by atoms with Crippen LogP contribution in [0.4, 0.5) is 0 Å². The van der Waals surface area contributed by atoms with Gasteiger partial charge >= 0.3 is 11.9 Å². The predicted octanol–water partition coefficient (Wildman–Crippen LogP) is 0.298. The van der Waals surface area contributed by atoms with E-state index in [1.54, 1.807) is 13.8 Å². The highest BCUT2D eigenvalue weighted by Crippen LogP contribution is 2.31. The van der Waals surface area contributed by atoms with E-state index in [9.17, 15) is 9.59 Å². The van der Waals surface area contributed by atoms with E-state index in [1.165, 1.54) is 14.2 Å². The molecule has 1 unspecified atom stereocenters. The van der Waals surface area contributed by atoms with E-state index in [0.717, 1.165) is 0 Å². The summed E-state index contributed by atoms with van der Waals surface area (Å²) in [5, 5.41) is 0. The van der Waals surface area contributed by atoms with Gasteiger partial charge in [0.1, 0.15) is 6.10 Å². The molecule has 1 heterocycles. The summed E-state index contributed by atoms with van der Waals surface area (Å²) in [5.74, 6) is -1.24. The fourth-order valence-electron chi connectivity index (χ4n) is 1.77. The highest BCUT2D eigenvalue weighted by Gasteiger charge is 2.59. The molecule has 0 aromatic rings. The van der Waals surface area contributed by atoms with Crippen LogP contribution in [0.25, 0.3) is 0 Å². The minimum atomic E-state index is -1.71. The van der Waals surface area contributed by atoms with Gasteiger partial charge in [-0.3, -0.25) is 0 Å². The summed E-state index contributed by atoms with van der Waals surface area (Å²) in [6, 6.07) is 0. The molecule has 1 rings (SSSR count). The van der Waals surface area contributed by atoms with Crippen LogP contribution in [0, 0.1) is 0 Å². The van der Waals surface area contributed by atoms with E-state index in [0.29, 0.717) is 6.42 Å². The van der Waals surface area contributed by atoms with Gasteiger partial charge in [-0.05, 0) is 6.42 Å². The zero-order valence-corrected chi connectivity index (χ0v) is 9.77. The van der Waals surface area contributed by atoms with Crippen LogP contribution in [0.15, 0.2) is 4.99 Å². The normalized spacial score (nSPS) is 22.0. The van der Waals surface area contributed by atoms with Crippen molar-refractivity contribution in [2.24, 2.45) is 4.99 Å². The standard InChI is InChI=1S/C10H15NO5/c1-5-7-10(8(12)14-3,9(13)15-4)11-6(2)16-7/h7H,5H2,1-4H3. The lowest BCUT2D eigenvalue weighted by Gasteiger charge is -2.25. The van der Waals surface area contributed by atoms with Crippen molar-refractivity contribution in [3.8, 4) is 0 Å². The van der Waals surface area contributed by atoms with E-state index in [-0.39, 0.29) is 5.90 Å². The molecule has 16 heavy (non-hydrogen) atoms. The average molecular weight is 229 g/mol. The molecular weight excluding hydrogens is 214 g/mol. The highest BCUT2D eigenvalue weighted by atomic mass is 16.6. The number of esters is 2. The Labute approximate surface area is 93.6 Å². The SMILES string of the molecule is CCC1OC(C)=NC1(C(=O)OC)C(=O)OC.